The molecular formula is C57H106N2O12. The molecule has 0 aromatic heterocycles. The molecule has 14 heteroatoms. The van der Waals surface area contributed by atoms with E-state index in [0.29, 0.717) is 58.0 Å². The number of nitrogens with zero attached hydrogens (tertiary/aromatic N) is 2. The zero-order chi connectivity index (χ0) is 51.7. The Bertz CT molecular complexity index is 1260. The quantitative estimate of drug-likeness (QED) is 0.0347. The van der Waals surface area contributed by atoms with Crippen molar-refractivity contribution in [3.8, 4) is 0 Å². The molecule has 0 amide bonds. The number of unbranched alkanes of at least 4 members (excludes halogenated alkanes) is 22. The minimum atomic E-state index is -0.826. The normalized spacial score (nSPS) is 13.5. The Morgan fingerprint density at radius 3 is 1.24 bits per heavy atom. The zero-order valence-electron chi connectivity index (χ0n) is 45.7. The maximum Gasteiger partial charge on any atom is 0.508 e. The summed E-state index contributed by atoms with van der Waals surface area (Å²) in [5.74, 6) is -1.70. The Kier molecular flexibility index (Phi) is 45.8. The summed E-state index contributed by atoms with van der Waals surface area (Å²) < 4.78 is 33.2. The van der Waals surface area contributed by atoms with Gasteiger partial charge < -0.3 is 43.3 Å². The van der Waals surface area contributed by atoms with E-state index in [4.69, 9.17) is 33.5 Å². The van der Waals surface area contributed by atoms with Crippen molar-refractivity contribution in [3.05, 3.63) is 0 Å². The first-order valence-corrected chi connectivity index (χ1v) is 29.2. The Balaban J connectivity index is 2.46. The van der Waals surface area contributed by atoms with E-state index in [1.54, 1.807) is 0 Å². The fourth-order valence-corrected chi connectivity index (χ4v) is 8.83. The van der Waals surface area contributed by atoms with Crippen LogP contribution < -0.4 is 0 Å². The average Bonchev–Trinajstić information content (AvgIpc) is 3.37. The van der Waals surface area contributed by atoms with Crippen molar-refractivity contribution in [1.82, 2.24) is 9.80 Å². The lowest BCUT2D eigenvalue weighted by Gasteiger charge is -2.34. The van der Waals surface area contributed by atoms with Gasteiger partial charge in [0.1, 0.15) is 25.9 Å². The molecule has 1 heterocycles. The summed E-state index contributed by atoms with van der Waals surface area (Å²) in [7, 11) is 0. The van der Waals surface area contributed by atoms with Gasteiger partial charge in [-0.15, -0.1) is 0 Å². The van der Waals surface area contributed by atoms with Crippen LogP contribution in [0.25, 0.3) is 0 Å². The van der Waals surface area contributed by atoms with Crippen LogP contribution in [0.3, 0.4) is 0 Å². The first kappa shape index (κ1) is 66.0. The van der Waals surface area contributed by atoms with Crippen molar-refractivity contribution in [2.75, 3.05) is 78.9 Å². The number of aliphatic hydroxyl groups excluding tert-OH is 1. The molecule has 416 valence electrons. The first-order chi connectivity index (χ1) is 34.7. The minimum absolute atomic E-state index is 0.00642. The number of hydrogen-bond donors (Lipinski definition) is 1. The SMILES string of the molecule is CCCCCCCCCCOC(=O)CCCCCC(=O)OCC(COC(=O)CCCCCCC(=O)OC(CCCCCCCC)CCCCCCCC)COC(=O)OCCCN1CCN(CCCO)CC1. The van der Waals surface area contributed by atoms with Gasteiger partial charge in [0.05, 0.1) is 19.1 Å². The highest BCUT2D eigenvalue weighted by molar-refractivity contribution is 5.70. The Morgan fingerprint density at radius 1 is 0.394 bits per heavy atom. The maximum atomic E-state index is 12.8. The van der Waals surface area contributed by atoms with Gasteiger partial charge in [-0.3, -0.25) is 19.2 Å². The lowest BCUT2D eigenvalue weighted by molar-refractivity contribution is -0.151. The number of aliphatic hydroxyl groups is 1. The number of esters is 4. The number of ether oxygens (including phenoxy) is 6. The summed E-state index contributed by atoms with van der Waals surface area (Å²) >= 11 is 0. The van der Waals surface area contributed by atoms with Gasteiger partial charge in [-0.1, -0.05) is 149 Å². The van der Waals surface area contributed by atoms with Crippen molar-refractivity contribution in [2.45, 2.75) is 252 Å². The van der Waals surface area contributed by atoms with Crippen LogP contribution in [0.2, 0.25) is 0 Å². The van der Waals surface area contributed by atoms with E-state index < -0.39 is 18.0 Å². The van der Waals surface area contributed by atoms with Crippen molar-refractivity contribution >= 4 is 30.0 Å². The van der Waals surface area contributed by atoms with Crippen LogP contribution in [0.1, 0.15) is 245 Å². The molecule has 0 bridgehead atoms. The van der Waals surface area contributed by atoms with E-state index in [0.717, 1.165) is 97.1 Å². The molecule has 0 aromatic rings. The third kappa shape index (κ3) is 43.2. The first-order valence-electron chi connectivity index (χ1n) is 29.2. The molecule has 14 nitrogen and oxygen atoms in total. The number of carbonyl (C=O) groups excluding carboxylic acids is 5. The summed E-state index contributed by atoms with van der Waals surface area (Å²) in [4.78, 5) is 67.6. The van der Waals surface area contributed by atoms with Crippen LogP contribution >= 0.6 is 0 Å². The van der Waals surface area contributed by atoms with E-state index in [9.17, 15) is 24.0 Å². The molecule has 0 aromatic carbocycles. The molecule has 1 N–H and O–H groups in total. The van der Waals surface area contributed by atoms with Gasteiger partial charge in [-0.05, 0) is 70.6 Å². The van der Waals surface area contributed by atoms with Gasteiger partial charge in [-0.2, -0.15) is 0 Å². The molecule has 1 atom stereocenters. The van der Waals surface area contributed by atoms with Crippen LogP contribution in [0, 0.1) is 5.92 Å². The smallest absolute Gasteiger partial charge is 0.466 e. The van der Waals surface area contributed by atoms with E-state index in [2.05, 4.69) is 30.6 Å². The number of hydrogen-bond acceptors (Lipinski definition) is 14. The molecule has 0 aliphatic carbocycles. The van der Waals surface area contributed by atoms with Crippen LogP contribution in [0.4, 0.5) is 4.79 Å². The van der Waals surface area contributed by atoms with E-state index in [-0.39, 0.29) is 69.9 Å². The number of rotatable bonds is 50. The molecule has 1 unspecified atom stereocenters. The lowest BCUT2D eigenvalue weighted by Crippen LogP contribution is -2.47. The summed E-state index contributed by atoms with van der Waals surface area (Å²) in [6, 6.07) is 0. The van der Waals surface area contributed by atoms with Gasteiger partial charge in [0.2, 0.25) is 0 Å². The van der Waals surface area contributed by atoms with Crippen LogP contribution in [-0.4, -0.2) is 130 Å². The fraction of sp³-hybridized carbons (Fsp3) is 0.912. The van der Waals surface area contributed by atoms with Gasteiger partial charge >= 0.3 is 30.0 Å². The second kappa shape index (κ2) is 49.3. The van der Waals surface area contributed by atoms with Crippen LogP contribution in [-0.2, 0) is 47.6 Å². The maximum absolute atomic E-state index is 12.8. The molecule has 1 aliphatic heterocycles. The molecule has 0 spiro atoms. The van der Waals surface area contributed by atoms with Gasteiger partial charge in [-0.25, -0.2) is 4.79 Å². The van der Waals surface area contributed by atoms with Gasteiger partial charge in [0.15, 0.2) is 0 Å². The van der Waals surface area contributed by atoms with Gasteiger partial charge in [0, 0.05) is 71.6 Å². The van der Waals surface area contributed by atoms with Crippen LogP contribution in [0.5, 0.6) is 0 Å². The monoisotopic (exact) mass is 1010 g/mol. The summed E-state index contributed by atoms with van der Waals surface area (Å²) in [5.41, 5.74) is 0. The minimum Gasteiger partial charge on any atom is -0.466 e. The van der Waals surface area contributed by atoms with Crippen molar-refractivity contribution in [1.29, 1.82) is 0 Å². The molecule has 1 saturated heterocycles. The van der Waals surface area contributed by atoms with E-state index in [1.165, 1.54) is 103 Å². The highest BCUT2D eigenvalue weighted by Gasteiger charge is 2.20. The number of carbonyl (C=O) groups is 5. The molecular weight excluding hydrogens is 905 g/mol. The zero-order valence-corrected chi connectivity index (χ0v) is 45.7. The standard InChI is InChI=1S/C57H106N2O12/c1-4-7-10-13-16-17-22-30-46-66-53(61)35-28-23-29-37-55(63)69-49-51(50-70-57(65)67-47-32-40-59-43-41-58(42-44-59)39-31-45-60)48-68-54(62)36-26-20-21-27-38-56(64)71-52(33-24-18-14-11-8-5-2)34-25-19-15-12-9-6-3/h51-52,60H,4-50H2,1-3H3. The second-order valence-electron chi connectivity index (χ2n) is 20.2. The molecule has 1 aliphatic rings. The van der Waals surface area contributed by atoms with Crippen molar-refractivity contribution < 1.29 is 57.5 Å². The van der Waals surface area contributed by atoms with E-state index >= 15 is 0 Å². The highest BCUT2D eigenvalue weighted by atomic mass is 16.7. The number of piperazine rings is 1. The highest BCUT2D eigenvalue weighted by Crippen LogP contribution is 2.19. The summed E-state index contributed by atoms with van der Waals surface area (Å²) in [5, 5.41) is 9.09. The topological polar surface area (TPSA) is 167 Å². The Labute approximate surface area is 432 Å². The molecule has 0 saturated carbocycles. The van der Waals surface area contributed by atoms with Crippen molar-refractivity contribution in [3.63, 3.8) is 0 Å². The molecule has 0 radical (unpaired) electrons. The second-order valence-corrected chi connectivity index (χ2v) is 20.2. The summed E-state index contributed by atoms with van der Waals surface area (Å²) in [6.07, 6.45) is 32.6. The fourth-order valence-electron chi connectivity index (χ4n) is 8.83. The van der Waals surface area contributed by atoms with E-state index in [1.807, 2.05) is 0 Å². The Morgan fingerprint density at radius 2 is 0.761 bits per heavy atom. The molecule has 1 fully saturated rings. The van der Waals surface area contributed by atoms with Crippen molar-refractivity contribution in [2.24, 2.45) is 5.92 Å². The van der Waals surface area contributed by atoms with Gasteiger partial charge in [0.25, 0.3) is 0 Å². The molecule has 1 rings (SSSR count). The third-order valence-corrected chi connectivity index (χ3v) is 13.4. The Hall–Kier alpha value is -2.97. The predicted octanol–water partition coefficient (Wildman–Crippen LogP) is 12.6. The molecule has 71 heavy (non-hydrogen) atoms. The summed E-state index contributed by atoms with van der Waals surface area (Å²) in [6.45, 7) is 12.7. The lowest BCUT2D eigenvalue weighted by atomic mass is 10.0. The average molecular weight is 1010 g/mol. The third-order valence-electron chi connectivity index (χ3n) is 13.4. The van der Waals surface area contributed by atoms with Crippen LogP contribution in [0.15, 0.2) is 0 Å². The predicted molar refractivity (Wildman–Crippen MR) is 282 cm³/mol. The largest absolute Gasteiger partial charge is 0.508 e.